The number of aromatic nitrogens is 7. The van der Waals surface area contributed by atoms with Crippen LogP contribution in [0, 0.1) is 5.41 Å². The summed E-state index contributed by atoms with van der Waals surface area (Å²) < 4.78 is 21.7. The summed E-state index contributed by atoms with van der Waals surface area (Å²) in [5.74, 6) is 0.586. The first kappa shape index (κ1) is 25.7. The van der Waals surface area contributed by atoms with Crippen molar-refractivity contribution in [1.29, 1.82) is 0 Å². The van der Waals surface area contributed by atoms with Gasteiger partial charge >= 0.3 is 5.69 Å². The molecule has 200 valence electrons. The molecule has 4 aromatic rings. The minimum absolute atomic E-state index is 0.101. The van der Waals surface area contributed by atoms with Crippen molar-refractivity contribution in [2.24, 2.45) is 5.41 Å². The molecule has 4 heterocycles. The fourth-order valence-electron chi connectivity index (χ4n) is 4.56. The van der Waals surface area contributed by atoms with Gasteiger partial charge in [-0.15, -0.1) is 0 Å². The van der Waals surface area contributed by atoms with Gasteiger partial charge in [-0.1, -0.05) is 18.1 Å². The third-order valence-corrected chi connectivity index (χ3v) is 7.12. The molecule has 0 aliphatic heterocycles. The van der Waals surface area contributed by atoms with E-state index in [2.05, 4.69) is 32.0 Å². The van der Waals surface area contributed by atoms with Crippen LogP contribution in [0.1, 0.15) is 70.2 Å². The lowest BCUT2D eigenvalue weighted by atomic mass is 10.0. The summed E-state index contributed by atoms with van der Waals surface area (Å²) in [4.78, 5) is 54.5. The monoisotopic (exact) mass is 523 g/mol. The standard InChI is InChI=1S/C26H30FN7O4/c1-16(27)21-30-19-20(22(35)31-21)33(15-7-10-26(2)11-12-26)25(37)34(24(19)36)14-6-4-9-18-29-23(38-32-18)17-8-3-5-13-28-17/h3,5,8,13,16H,4,6-7,9-12,14-15H2,1-2H3,(H,30,31,35). The molecule has 12 heteroatoms. The molecule has 0 radical (unpaired) electrons. The molecule has 0 amide bonds. The Morgan fingerprint density at radius 3 is 2.61 bits per heavy atom. The van der Waals surface area contributed by atoms with E-state index in [1.54, 1.807) is 18.3 Å². The fourth-order valence-corrected chi connectivity index (χ4v) is 4.56. The number of fused-ring (bicyclic) bond motifs is 1. The van der Waals surface area contributed by atoms with Gasteiger partial charge in [0.15, 0.2) is 17.5 Å². The van der Waals surface area contributed by atoms with E-state index in [1.807, 2.05) is 6.07 Å². The predicted molar refractivity (Wildman–Crippen MR) is 137 cm³/mol. The lowest BCUT2D eigenvalue weighted by Gasteiger charge is -2.15. The number of unbranched alkanes of at least 4 members (excludes halogenated alkanes) is 1. The summed E-state index contributed by atoms with van der Waals surface area (Å²) in [6.45, 7) is 3.82. The van der Waals surface area contributed by atoms with Gasteiger partial charge in [0.05, 0.1) is 0 Å². The number of rotatable bonds is 11. The van der Waals surface area contributed by atoms with Gasteiger partial charge < -0.3 is 9.51 Å². The lowest BCUT2D eigenvalue weighted by Crippen LogP contribution is -2.42. The van der Waals surface area contributed by atoms with Crippen LogP contribution in [0.2, 0.25) is 0 Å². The van der Waals surface area contributed by atoms with Crippen LogP contribution in [0.4, 0.5) is 4.39 Å². The van der Waals surface area contributed by atoms with Gasteiger partial charge in [0.25, 0.3) is 17.0 Å². The number of aryl methyl sites for hydroxylation is 2. The third-order valence-electron chi connectivity index (χ3n) is 7.12. The molecule has 5 rings (SSSR count). The Kier molecular flexibility index (Phi) is 7.04. The highest BCUT2D eigenvalue weighted by molar-refractivity contribution is 5.72. The molecule has 1 saturated carbocycles. The molecule has 1 aliphatic carbocycles. The Balaban J connectivity index is 1.37. The smallest absolute Gasteiger partial charge is 0.331 e. The molecule has 1 fully saturated rings. The van der Waals surface area contributed by atoms with Crippen LogP contribution >= 0.6 is 0 Å². The Morgan fingerprint density at radius 1 is 1.11 bits per heavy atom. The van der Waals surface area contributed by atoms with Crippen LogP contribution in [-0.4, -0.2) is 34.2 Å². The van der Waals surface area contributed by atoms with Crippen molar-refractivity contribution in [3.8, 4) is 11.6 Å². The van der Waals surface area contributed by atoms with Gasteiger partial charge in [-0.2, -0.15) is 4.98 Å². The zero-order valence-corrected chi connectivity index (χ0v) is 21.4. The molecule has 1 unspecified atom stereocenters. The Hall–Kier alpha value is -3.96. The van der Waals surface area contributed by atoms with E-state index < -0.39 is 23.0 Å². The highest BCUT2D eigenvalue weighted by Gasteiger charge is 2.36. The maximum atomic E-state index is 14.0. The number of hydrogen-bond acceptors (Lipinski definition) is 8. The van der Waals surface area contributed by atoms with Crippen molar-refractivity contribution < 1.29 is 8.91 Å². The predicted octanol–water partition coefficient (Wildman–Crippen LogP) is 3.33. The van der Waals surface area contributed by atoms with Crippen LogP contribution in [0.15, 0.2) is 43.3 Å². The number of halogens is 1. The first-order valence-corrected chi connectivity index (χ1v) is 12.9. The summed E-state index contributed by atoms with van der Waals surface area (Å²) in [5.41, 5.74) is -1.38. The van der Waals surface area contributed by atoms with Crippen molar-refractivity contribution in [3.05, 3.63) is 67.2 Å². The molecular weight excluding hydrogens is 493 g/mol. The van der Waals surface area contributed by atoms with Gasteiger partial charge in [-0.05, 0) is 63.0 Å². The zero-order chi connectivity index (χ0) is 26.9. The SMILES string of the molecule is CC(F)c1nc2c(=O)n(CCCCc3noc(-c4ccccn4)n3)c(=O)n(CCCC3(C)CC3)c2c(=O)[nH]1. The highest BCUT2D eigenvalue weighted by Crippen LogP contribution is 2.48. The van der Waals surface area contributed by atoms with Crippen LogP contribution in [0.25, 0.3) is 22.6 Å². The molecule has 1 aliphatic rings. The summed E-state index contributed by atoms with van der Waals surface area (Å²) in [6, 6.07) is 5.39. The van der Waals surface area contributed by atoms with E-state index in [1.165, 1.54) is 11.5 Å². The van der Waals surface area contributed by atoms with E-state index >= 15 is 0 Å². The van der Waals surface area contributed by atoms with Crippen LogP contribution in [0.3, 0.4) is 0 Å². The van der Waals surface area contributed by atoms with Gasteiger partial charge in [-0.3, -0.25) is 23.7 Å². The highest BCUT2D eigenvalue weighted by atomic mass is 19.1. The maximum Gasteiger partial charge on any atom is 0.331 e. The van der Waals surface area contributed by atoms with Crippen molar-refractivity contribution >= 4 is 11.0 Å². The van der Waals surface area contributed by atoms with E-state index in [0.29, 0.717) is 43.1 Å². The molecular formula is C26H30FN7O4. The molecule has 1 N–H and O–H groups in total. The number of nitrogens with zero attached hydrogens (tertiary/aromatic N) is 6. The number of hydrogen-bond donors (Lipinski definition) is 1. The minimum Gasteiger partial charge on any atom is -0.332 e. The number of H-pyrrole nitrogens is 1. The molecule has 0 bridgehead atoms. The quantitative estimate of drug-likeness (QED) is 0.295. The van der Waals surface area contributed by atoms with Gasteiger partial charge in [0, 0.05) is 25.7 Å². The van der Waals surface area contributed by atoms with E-state index in [9.17, 15) is 18.8 Å². The average molecular weight is 524 g/mol. The van der Waals surface area contributed by atoms with Crippen molar-refractivity contribution in [1.82, 2.24) is 34.2 Å². The summed E-state index contributed by atoms with van der Waals surface area (Å²) >= 11 is 0. The van der Waals surface area contributed by atoms with Crippen molar-refractivity contribution in [2.45, 2.75) is 78.1 Å². The topological polar surface area (TPSA) is 142 Å². The third kappa shape index (κ3) is 5.34. The minimum atomic E-state index is -1.57. The Morgan fingerprint density at radius 2 is 1.89 bits per heavy atom. The second kappa shape index (κ2) is 10.4. The second-order valence-electron chi connectivity index (χ2n) is 10.3. The number of pyridine rings is 1. The van der Waals surface area contributed by atoms with Crippen molar-refractivity contribution in [3.63, 3.8) is 0 Å². The average Bonchev–Trinajstić information content (AvgIpc) is 3.44. The molecule has 0 spiro atoms. The first-order chi connectivity index (χ1) is 18.3. The number of nitrogens with one attached hydrogen (secondary N) is 1. The number of alkyl halides is 1. The largest absolute Gasteiger partial charge is 0.332 e. The van der Waals surface area contributed by atoms with Gasteiger partial charge in [0.2, 0.25) is 0 Å². The molecule has 4 aromatic heterocycles. The lowest BCUT2D eigenvalue weighted by molar-refractivity contribution is 0.356. The normalized spacial score (nSPS) is 15.1. The summed E-state index contributed by atoms with van der Waals surface area (Å²) in [6.07, 6.45) is 5.49. The zero-order valence-electron chi connectivity index (χ0n) is 21.4. The molecule has 1 atom stereocenters. The van der Waals surface area contributed by atoms with E-state index in [4.69, 9.17) is 4.52 Å². The van der Waals surface area contributed by atoms with Crippen LogP contribution < -0.4 is 16.8 Å². The molecule has 11 nitrogen and oxygen atoms in total. The summed E-state index contributed by atoms with van der Waals surface area (Å²) in [7, 11) is 0. The summed E-state index contributed by atoms with van der Waals surface area (Å²) in [5, 5.41) is 3.98. The van der Waals surface area contributed by atoms with E-state index in [-0.39, 0.29) is 35.4 Å². The fraction of sp³-hybridized carbons (Fsp3) is 0.500. The second-order valence-corrected chi connectivity index (χ2v) is 10.3. The van der Waals surface area contributed by atoms with Crippen LogP contribution in [0.5, 0.6) is 0 Å². The first-order valence-electron chi connectivity index (χ1n) is 12.9. The Labute approximate surface area is 216 Å². The molecule has 0 aromatic carbocycles. The van der Waals surface area contributed by atoms with Gasteiger partial charge in [-0.25, -0.2) is 14.2 Å². The van der Waals surface area contributed by atoms with Crippen LogP contribution in [-0.2, 0) is 19.5 Å². The Bertz CT molecular complexity index is 1620. The van der Waals surface area contributed by atoms with E-state index in [0.717, 1.165) is 23.8 Å². The number of aromatic amines is 1. The molecule has 0 saturated heterocycles. The maximum absolute atomic E-state index is 14.0. The van der Waals surface area contributed by atoms with Gasteiger partial charge in [0.1, 0.15) is 17.0 Å². The van der Waals surface area contributed by atoms with Crippen molar-refractivity contribution in [2.75, 3.05) is 0 Å². The molecule has 38 heavy (non-hydrogen) atoms.